The van der Waals surface area contributed by atoms with E-state index in [2.05, 4.69) is 54.5 Å². The van der Waals surface area contributed by atoms with Gasteiger partial charge < -0.3 is 4.74 Å². The number of thiazole rings is 1. The van der Waals surface area contributed by atoms with Crippen molar-refractivity contribution in [3.63, 3.8) is 0 Å². The van der Waals surface area contributed by atoms with Gasteiger partial charge in [-0.15, -0.1) is 11.3 Å². The summed E-state index contributed by atoms with van der Waals surface area (Å²) in [7, 11) is 0. The first-order valence-electron chi connectivity index (χ1n) is 11.2. The van der Waals surface area contributed by atoms with Crippen LogP contribution in [0.25, 0.3) is 21.7 Å². The van der Waals surface area contributed by atoms with Gasteiger partial charge in [-0.25, -0.2) is 4.98 Å². The first-order chi connectivity index (χ1) is 14.8. The molecule has 2 aromatic carbocycles. The van der Waals surface area contributed by atoms with Gasteiger partial charge in [-0.2, -0.15) is 0 Å². The Morgan fingerprint density at radius 2 is 1.47 bits per heavy atom. The van der Waals surface area contributed by atoms with Crippen LogP contribution in [0.4, 0.5) is 0 Å². The number of hydrogen-bond acceptors (Lipinski definition) is 3. The molecule has 0 fully saturated rings. The van der Waals surface area contributed by atoms with Crippen molar-refractivity contribution in [1.82, 2.24) is 4.98 Å². The van der Waals surface area contributed by atoms with Crippen LogP contribution in [0.1, 0.15) is 57.2 Å². The van der Waals surface area contributed by atoms with Gasteiger partial charge in [0.25, 0.3) is 0 Å². The average molecular weight is 420 g/mol. The van der Waals surface area contributed by atoms with Gasteiger partial charge in [0.05, 0.1) is 0 Å². The topological polar surface area (TPSA) is 22.1 Å². The monoisotopic (exact) mass is 419 g/mol. The van der Waals surface area contributed by atoms with Crippen molar-refractivity contribution in [1.29, 1.82) is 0 Å². The maximum absolute atomic E-state index is 5.68. The standard InChI is InChI=1S/C27H33NOS/c1-3-5-7-8-9-10-11-26-21-28-27(30-26)24-14-12-22(13-15-24)23-16-18-25(19-17-23)29-20-6-4-2/h4,6,12-19,21H,3,5,7-11,20H2,1-2H3. The van der Waals surface area contributed by atoms with Crippen molar-refractivity contribution in [2.24, 2.45) is 0 Å². The van der Waals surface area contributed by atoms with Gasteiger partial charge in [0.2, 0.25) is 0 Å². The lowest BCUT2D eigenvalue weighted by molar-refractivity contribution is 0.363. The molecular formula is C27H33NOS. The second-order valence-corrected chi connectivity index (χ2v) is 8.75. The van der Waals surface area contributed by atoms with Crippen LogP contribution in [0, 0.1) is 0 Å². The lowest BCUT2D eigenvalue weighted by Crippen LogP contribution is -1.92. The van der Waals surface area contributed by atoms with Gasteiger partial charge in [0, 0.05) is 16.6 Å². The van der Waals surface area contributed by atoms with E-state index in [9.17, 15) is 0 Å². The minimum atomic E-state index is 0.610. The number of benzene rings is 2. The molecule has 1 aromatic heterocycles. The number of aryl methyl sites for hydroxylation is 1. The quantitative estimate of drug-likeness (QED) is 0.217. The van der Waals surface area contributed by atoms with Crippen LogP contribution in [0.2, 0.25) is 0 Å². The minimum Gasteiger partial charge on any atom is -0.490 e. The molecular weight excluding hydrogens is 386 g/mol. The highest BCUT2D eigenvalue weighted by Gasteiger charge is 2.06. The summed E-state index contributed by atoms with van der Waals surface area (Å²) < 4.78 is 5.68. The molecule has 158 valence electrons. The summed E-state index contributed by atoms with van der Waals surface area (Å²) in [4.78, 5) is 6.06. The molecule has 0 bridgehead atoms. The van der Waals surface area contributed by atoms with E-state index < -0.39 is 0 Å². The molecule has 0 radical (unpaired) electrons. The molecule has 0 saturated heterocycles. The fourth-order valence-electron chi connectivity index (χ4n) is 3.43. The Morgan fingerprint density at radius 3 is 2.17 bits per heavy atom. The number of aromatic nitrogens is 1. The van der Waals surface area contributed by atoms with Crippen molar-refractivity contribution in [3.05, 3.63) is 71.8 Å². The SMILES string of the molecule is CC=CCOc1ccc(-c2ccc(-c3ncc(CCCCCCCC)s3)cc2)cc1. The Bertz CT molecular complexity index is 893. The van der Waals surface area contributed by atoms with Crippen LogP contribution in [0.5, 0.6) is 5.75 Å². The van der Waals surface area contributed by atoms with E-state index in [0.717, 1.165) is 17.2 Å². The lowest BCUT2D eigenvalue weighted by Gasteiger charge is -2.06. The molecule has 2 nitrogen and oxygen atoms in total. The number of unbranched alkanes of at least 4 members (excludes halogenated alkanes) is 5. The van der Waals surface area contributed by atoms with Crippen LogP contribution in [0.3, 0.4) is 0 Å². The predicted octanol–water partition coefficient (Wildman–Crippen LogP) is 8.34. The molecule has 0 N–H and O–H groups in total. The van der Waals surface area contributed by atoms with E-state index in [1.54, 1.807) is 0 Å². The highest BCUT2D eigenvalue weighted by molar-refractivity contribution is 7.15. The molecule has 0 spiro atoms. The van der Waals surface area contributed by atoms with E-state index >= 15 is 0 Å². The number of rotatable bonds is 12. The van der Waals surface area contributed by atoms with Crippen LogP contribution in [-0.2, 0) is 6.42 Å². The average Bonchev–Trinajstić information content (AvgIpc) is 3.26. The second-order valence-electron chi connectivity index (χ2n) is 7.63. The Morgan fingerprint density at radius 1 is 0.833 bits per heavy atom. The maximum Gasteiger partial charge on any atom is 0.123 e. The summed E-state index contributed by atoms with van der Waals surface area (Å²) in [6.45, 7) is 4.88. The third kappa shape index (κ3) is 6.84. The number of nitrogens with zero attached hydrogens (tertiary/aromatic N) is 1. The second kappa shape index (κ2) is 12.3. The molecule has 0 aliphatic heterocycles. The molecule has 0 aliphatic carbocycles. The van der Waals surface area contributed by atoms with Gasteiger partial charge in [0.15, 0.2) is 0 Å². The Balaban J connectivity index is 1.53. The number of allylic oxidation sites excluding steroid dienone is 1. The normalized spacial score (nSPS) is 11.3. The van der Waals surface area contributed by atoms with Crippen LogP contribution >= 0.6 is 11.3 Å². The fraction of sp³-hybridized carbons (Fsp3) is 0.370. The number of hydrogen-bond donors (Lipinski definition) is 0. The third-order valence-electron chi connectivity index (χ3n) is 5.23. The Labute approximate surface area is 185 Å². The van der Waals surface area contributed by atoms with Crippen LogP contribution in [0.15, 0.2) is 66.9 Å². The first-order valence-corrected chi connectivity index (χ1v) is 12.0. The van der Waals surface area contributed by atoms with Crippen molar-refractivity contribution in [3.8, 4) is 27.4 Å². The summed E-state index contributed by atoms with van der Waals surface area (Å²) in [6, 6.07) is 17.0. The summed E-state index contributed by atoms with van der Waals surface area (Å²) in [6.07, 6.45) is 15.3. The van der Waals surface area contributed by atoms with Gasteiger partial charge in [-0.05, 0) is 43.0 Å². The smallest absolute Gasteiger partial charge is 0.123 e. The minimum absolute atomic E-state index is 0.610. The van der Waals surface area contributed by atoms with E-state index in [-0.39, 0.29) is 0 Å². The van der Waals surface area contributed by atoms with Crippen molar-refractivity contribution in [2.45, 2.75) is 58.8 Å². The molecule has 3 heteroatoms. The summed E-state index contributed by atoms with van der Waals surface area (Å²) in [5.74, 6) is 0.897. The zero-order valence-electron chi connectivity index (χ0n) is 18.3. The molecule has 30 heavy (non-hydrogen) atoms. The van der Waals surface area contributed by atoms with Crippen molar-refractivity contribution in [2.75, 3.05) is 6.61 Å². The van der Waals surface area contributed by atoms with Gasteiger partial charge in [-0.3, -0.25) is 0 Å². The molecule has 0 unspecified atom stereocenters. The molecule has 0 saturated carbocycles. The molecule has 0 atom stereocenters. The van der Waals surface area contributed by atoms with Crippen molar-refractivity contribution >= 4 is 11.3 Å². The Hall–Kier alpha value is -2.39. The van der Waals surface area contributed by atoms with Crippen molar-refractivity contribution < 1.29 is 4.74 Å². The van der Waals surface area contributed by atoms with Crippen LogP contribution < -0.4 is 4.74 Å². The molecule has 0 aliphatic rings. The zero-order chi connectivity index (χ0) is 21.0. The third-order valence-corrected chi connectivity index (χ3v) is 6.34. The van der Waals surface area contributed by atoms with Gasteiger partial charge in [-0.1, -0.05) is 87.6 Å². The predicted molar refractivity (Wildman–Crippen MR) is 130 cm³/mol. The first kappa shape index (κ1) is 22.3. The highest BCUT2D eigenvalue weighted by atomic mass is 32.1. The van der Waals surface area contributed by atoms with E-state index in [1.807, 2.05) is 42.5 Å². The fourth-order valence-corrected chi connectivity index (χ4v) is 4.39. The summed E-state index contributed by atoms with van der Waals surface area (Å²) in [5, 5.41) is 1.12. The molecule has 1 heterocycles. The Kier molecular flexibility index (Phi) is 9.17. The van der Waals surface area contributed by atoms with E-state index in [0.29, 0.717) is 6.61 Å². The molecule has 3 rings (SSSR count). The lowest BCUT2D eigenvalue weighted by atomic mass is 10.0. The van der Waals surface area contributed by atoms with Gasteiger partial charge in [0.1, 0.15) is 17.4 Å². The van der Waals surface area contributed by atoms with Crippen LogP contribution in [-0.4, -0.2) is 11.6 Å². The highest BCUT2D eigenvalue weighted by Crippen LogP contribution is 2.29. The molecule has 0 amide bonds. The van der Waals surface area contributed by atoms with E-state index in [4.69, 9.17) is 4.74 Å². The van der Waals surface area contributed by atoms with Gasteiger partial charge >= 0.3 is 0 Å². The summed E-state index contributed by atoms with van der Waals surface area (Å²) in [5.41, 5.74) is 3.61. The number of ether oxygens (including phenoxy) is 1. The molecule has 3 aromatic rings. The zero-order valence-corrected chi connectivity index (χ0v) is 19.1. The largest absolute Gasteiger partial charge is 0.490 e. The maximum atomic E-state index is 5.68. The summed E-state index contributed by atoms with van der Waals surface area (Å²) >= 11 is 1.83. The van der Waals surface area contributed by atoms with E-state index in [1.165, 1.54) is 60.1 Å².